The molecule has 0 radical (unpaired) electrons. The van der Waals surface area contributed by atoms with Gasteiger partial charge in [-0.25, -0.2) is 0 Å². The number of rotatable bonds is 7. The first-order valence-electron chi connectivity index (χ1n) is 5.12. The zero-order chi connectivity index (χ0) is 11.7. The maximum Gasteiger partial charge on any atom is 0.236 e. The maximum atomic E-state index is 11.2. The summed E-state index contributed by atoms with van der Waals surface area (Å²) in [6.45, 7) is 7.20. The summed E-state index contributed by atoms with van der Waals surface area (Å²) in [5.41, 5.74) is 2.34. The molecule has 0 bridgehead atoms. The van der Waals surface area contributed by atoms with Crippen LogP contribution < -0.4 is 10.8 Å². The Morgan fingerprint density at radius 3 is 2.53 bits per heavy atom. The van der Waals surface area contributed by atoms with Crippen LogP contribution in [0.1, 0.15) is 27.2 Å². The Hall–Kier alpha value is -0.650. The van der Waals surface area contributed by atoms with Gasteiger partial charge in [0, 0.05) is 20.3 Å². The van der Waals surface area contributed by atoms with Gasteiger partial charge in [-0.3, -0.25) is 9.63 Å². The molecule has 0 unspecified atom stereocenters. The second-order valence-corrected chi connectivity index (χ2v) is 4.23. The zero-order valence-corrected chi connectivity index (χ0v) is 10.1. The van der Waals surface area contributed by atoms with Gasteiger partial charge in [0.25, 0.3) is 0 Å². The summed E-state index contributed by atoms with van der Waals surface area (Å²) >= 11 is 0. The topological polar surface area (TPSA) is 59.6 Å². The minimum absolute atomic E-state index is 0.0737. The average Bonchev–Trinajstić information content (AvgIpc) is 2.10. The summed E-state index contributed by atoms with van der Waals surface area (Å²) in [6.07, 6.45) is 0.822. The molecule has 0 spiro atoms. The van der Waals surface area contributed by atoms with Crippen LogP contribution in [0.2, 0.25) is 0 Å². The predicted molar refractivity (Wildman–Crippen MR) is 58.3 cm³/mol. The Labute approximate surface area is 91.5 Å². The Morgan fingerprint density at radius 1 is 1.33 bits per heavy atom. The minimum Gasteiger partial charge on any atom is -0.385 e. The van der Waals surface area contributed by atoms with E-state index in [2.05, 4.69) is 10.8 Å². The fourth-order valence-electron chi connectivity index (χ4n) is 0.825. The molecule has 0 aromatic heterocycles. The van der Waals surface area contributed by atoms with Gasteiger partial charge in [-0.2, -0.15) is 5.48 Å². The molecule has 0 rings (SSSR count). The van der Waals surface area contributed by atoms with E-state index in [1.165, 1.54) is 0 Å². The van der Waals surface area contributed by atoms with Crippen molar-refractivity contribution in [2.45, 2.75) is 32.8 Å². The second kappa shape index (κ2) is 7.62. The number of hydroxylamine groups is 1. The van der Waals surface area contributed by atoms with Crippen molar-refractivity contribution in [2.24, 2.45) is 0 Å². The molecule has 0 aliphatic rings. The molecule has 0 aliphatic carbocycles. The minimum atomic E-state index is -0.281. The third-order valence-electron chi connectivity index (χ3n) is 1.46. The van der Waals surface area contributed by atoms with E-state index in [1.54, 1.807) is 7.11 Å². The first-order valence-corrected chi connectivity index (χ1v) is 5.12. The molecule has 2 N–H and O–H groups in total. The number of carbonyl (C=O) groups excluding carboxylic acids is 1. The molecule has 0 fully saturated rings. The fourth-order valence-corrected chi connectivity index (χ4v) is 0.825. The van der Waals surface area contributed by atoms with Crippen LogP contribution in [-0.4, -0.2) is 38.3 Å². The van der Waals surface area contributed by atoms with Crippen LogP contribution in [0.4, 0.5) is 0 Å². The van der Waals surface area contributed by atoms with Gasteiger partial charge in [0.05, 0.1) is 12.1 Å². The van der Waals surface area contributed by atoms with E-state index in [4.69, 9.17) is 9.57 Å². The highest BCUT2D eigenvalue weighted by Gasteiger charge is 2.10. The molecular formula is C10H22N2O3. The number of amides is 1. The van der Waals surface area contributed by atoms with E-state index < -0.39 is 0 Å². The Bertz CT molecular complexity index is 178. The van der Waals surface area contributed by atoms with E-state index in [9.17, 15) is 4.79 Å². The number of carbonyl (C=O) groups is 1. The standard InChI is InChI=1S/C10H22N2O3/c1-10(2,3)15-12-8-9(13)11-6-5-7-14-4/h12H,5-8H2,1-4H3,(H,11,13). The van der Waals surface area contributed by atoms with Crippen LogP contribution in [0, 0.1) is 0 Å². The largest absolute Gasteiger partial charge is 0.385 e. The van der Waals surface area contributed by atoms with Crippen molar-refractivity contribution in [3.63, 3.8) is 0 Å². The van der Waals surface area contributed by atoms with Crippen LogP contribution in [-0.2, 0) is 14.4 Å². The lowest BCUT2D eigenvalue weighted by atomic mass is 10.2. The molecule has 0 atom stereocenters. The van der Waals surface area contributed by atoms with Crippen molar-refractivity contribution in [1.29, 1.82) is 0 Å². The Balaban J connectivity index is 3.34. The summed E-state index contributed by atoms with van der Waals surface area (Å²) < 4.78 is 4.86. The van der Waals surface area contributed by atoms with Crippen molar-refractivity contribution in [3.05, 3.63) is 0 Å². The second-order valence-electron chi connectivity index (χ2n) is 4.23. The van der Waals surface area contributed by atoms with Crippen molar-refractivity contribution >= 4 is 5.91 Å². The van der Waals surface area contributed by atoms with Crippen LogP contribution in [0.3, 0.4) is 0 Å². The van der Waals surface area contributed by atoms with Gasteiger partial charge in [-0.05, 0) is 27.2 Å². The molecule has 5 heteroatoms. The van der Waals surface area contributed by atoms with E-state index in [0.717, 1.165) is 6.42 Å². The van der Waals surface area contributed by atoms with Crippen molar-refractivity contribution in [1.82, 2.24) is 10.8 Å². The molecular weight excluding hydrogens is 196 g/mol. The van der Waals surface area contributed by atoms with Crippen LogP contribution in [0.5, 0.6) is 0 Å². The molecule has 90 valence electrons. The molecule has 0 saturated carbocycles. The van der Waals surface area contributed by atoms with Gasteiger partial charge < -0.3 is 10.1 Å². The summed E-state index contributed by atoms with van der Waals surface area (Å²) in [5.74, 6) is -0.0737. The summed E-state index contributed by atoms with van der Waals surface area (Å²) in [7, 11) is 1.64. The molecule has 0 saturated heterocycles. The van der Waals surface area contributed by atoms with E-state index in [1.807, 2.05) is 20.8 Å². The summed E-state index contributed by atoms with van der Waals surface area (Å²) in [6, 6.07) is 0. The molecule has 0 aromatic carbocycles. The number of hydrogen-bond acceptors (Lipinski definition) is 4. The SMILES string of the molecule is COCCCNC(=O)CNOC(C)(C)C. The lowest BCUT2D eigenvalue weighted by Crippen LogP contribution is -2.38. The Morgan fingerprint density at radius 2 is 2.00 bits per heavy atom. The van der Waals surface area contributed by atoms with Gasteiger partial charge in [-0.15, -0.1) is 0 Å². The first-order chi connectivity index (χ1) is 6.95. The fraction of sp³-hybridized carbons (Fsp3) is 0.900. The summed E-state index contributed by atoms with van der Waals surface area (Å²) in [4.78, 5) is 16.4. The van der Waals surface area contributed by atoms with Gasteiger partial charge >= 0.3 is 0 Å². The van der Waals surface area contributed by atoms with Gasteiger partial charge in [-0.1, -0.05) is 0 Å². The van der Waals surface area contributed by atoms with Crippen molar-refractivity contribution < 1.29 is 14.4 Å². The van der Waals surface area contributed by atoms with Crippen LogP contribution in [0.15, 0.2) is 0 Å². The van der Waals surface area contributed by atoms with Gasteiger partial charge in [0.2, 0.25) is 5.91 Å². The third kappa shape index (κ3) is 11.3. The maximum absolute atomic E-state index is 11.2. The number of methoxy groups -OCH3 is 1. The van der Waals surface area contributed by atoms with Gasteiger partial charge in [0.1, 0.15) is 0 Å². The molecule has 1 amide bonds. The smallest absolute Gasteiger partial charge is 0.236 e. The zero-order valence-electron chi connectivity index (χ0n) is 10.1. The van der Waals surface area contributed by atoms with Crippen molar-refractivity contribution in [3.8, 4) is 0 Å². The highest BCUT2D eigenvalue weighted by molar-refractivity contribution is 5.77. The lowest BCUT2D eigenvalue weighted by molar-refractivity contribution is -0.127. The van der Waals surface area contributed by atoms with E-state index >= 15 is 0 Å². The lowest BCUT2D eigenvalue weighted by Gasteiger charge is -2.19. The van der Waals surface area contributed by atoms with E-state index in [-0.39, 0.29) is 18.1 Å². The predicted octanol–water partition coefficient (Wildman–Crippen LogP) is 0.459. The third-order valence-corrected chi connectivity index (χ3v) is 1.46. The summed E-state index contributed by atoms with van der Waals surface area (Å²) in [5, 5.41) is 2.74. The van der Waals surface area contributed by atoms with Crippen molar-refractivity contribution in [2.75, 3.05) is 26.8 Å². The normalized spacial score (nSPS) is 11.5. The Kier molecular flexibility index (Phi) is 7.29. The first kappa shape index (κ1) is 14.3. The molecule has 0 heterocycles. The molecule has 0 aromatic rings. The monoisotopic (exact) mass is 218 g/mol. The molecule has 5 nitrogen and oxygen atoms in total. The molecule has 0 aliphatic heterocycles. The van der Waals surface area contributed by atoms with E-state index in [0.29, 0.717) is 13.2 Å². The molecule has 15 heavy (non-hydrogen) atoms. The quantitative estimate of drug-likeness (QED) is 0.481. The van der Waals surface area contributed by atoms with Crippen LogP contribution in [0.25, 0.3) is 0 Å². The van der Waals surface area contributed by atoms with Gasteiger partial charge in [0.15, 0.2) is 0 Å². The number of hydrogen-bond donors (Lipinski definition) is 2. The van der Waals surface area contributed by atoms with Crippen LogP contribution >= 0.6 is 0 Å². The number of nitrogens with one attached hydrogen (secondary N) is 2. The highest BCUT2D eigenvalue weighted by Crippen LogP contribution is 2.02. The number of ether oxygens (including phenoxy) is 1. The average molecular weight is 218 g/mol. The highest BCUT2D eigenvalue weighted by atomic mass is 16.7.